The third kappa shape index (κ3) is 1.05. The number of phenolic OH excluding ortho intramolecular Hbond substituents is 1. The van der Waals surface area contributed by atoms with E-state index in [1.165, 1.54) is 24.0 Å². The molecule has 2 bridgehead atoms. The van der Waals surface area contributed by atoms with E-state index in [4.69, 9.17) is 4.74 Å². The molecule has 20 heavy (non-hydrogen) atoms. The van der Waals surface area contributed by atoms with E-state index in [1.807, 2.05) is 6.08 Å². The standard InChI is InChI=1S/C17H18O3/c18-12-5-3-10-8-9-2-1-7-17-11(9)4-6-13(19)16(17)20-15(12)14(10)17/h3-6,9,11,13,16,18-19H,1-2,7-8H2. The first-order chi connectivity index (χ1) is 9.72. The number of hydrogen-bond acceptors (Lipinski definition) is 3. The molecule has 0 amide bonds. The van der Waals surface area contributed by atoms with E-state index >= 15 is 0 Å². The molecule has 0 aromatic heterocycles. The van der Waals surface area contributed by atoms with E-state index in [9.17, 15) is 10.2 Å². The smallest absolute Gasteiger partial charge is 0.165 e. The van der Waals surface area contributed by atoms with Crippen molar-refractivity contribution in [1.82, 2.24) is 0 Å². The fourth-order valence-corrected chi connectivity index (χ4v) is 5.38. The highest BCUT2D eigenvalue weighted by Gasteiger charge is 2.63. The molecule has 1 heterocycles. The van der Waals surface area contributed by atoms with Gasteiger partial charge in [0, 0.05) is 11.0 Å². The van der Waals surface area contributed by atoms with E-state index < -0.39 is 6.10 Å². The van der Waals surface area contributed by atoms with E-state index in [2.05, 4.69) is 12.1 Å². The molecule has 5 unspecified atom stereocenters. The lowest BCUT2D eigenvalue weighted by atomic mass is 9.50. The van der Waals surface area contributed by atoms with Gasteiger partial charge in [-0.15, -0.1) is 0 Å². The number of benzene rings is 1. The molecular weight excluding hydrogens is 252 g/mol. The molecule has 1 aromatic carbocycles. The summed E-state index contributed by atoms with van der Waals surface area (Å²) in [6.07, 6.45) is 7.92. The Bertz CT molecular complexity index is 635. The SMILES string of the molecule is Oc1ccc2c3c1OC1C(O)C=CC4C(CCCC341)C2. The van der Waals surface area contributed by atoms with Crippen molar-refractivity contribution in [1.29, 1.82) is 0 Å². The molecule has 0 saturated heterocycles. The maximum atomic E-state index is 10.4. The molecule has 5 rings (SSSR count). The zero-order valence-electron chi connectivity index (χ0n) is 11.2. The Labute approximate surface area is 117 Å². The van der Waals surface area contributed by atoms with Crippen molar-refractivity contribution in [2.75, 3.05) is 0 Å². The number of allylic oxidation sites excluding steroid dienone is 1. The number of ether oxygens (including phenoxy) is 1. The van der Waals surface area contributed by atoms with Crippen molar-refractivity contribution >= 4 is 0 Å². The second-order valence-corrected chi connectivity index (χ2v) is 6.78. The molecule has 1 saturated carbocycles. The number of aromatic hydroxyl groups is 1. The Kier molecular flexibility index (Phi) is 1.90. The summed E-state index contributed by atoms with van der Waals surface area (Å²) in [6, 6.07) is 3.80. The first-order valence-corrected chi connectivity index (χ1v) is 7.60. The van der Waals surface area contributed by atoms with Gasteiger partial charge in [-0.25, -0.2) is 0 Å². The van der Waals surface area contributed by atoms with Crippen LogP contribution in [0.25, 0.3) is 0 Å². The van der Waals surface area contributed by atoms with Gasteiger partial charge in [-0.3, -0.25) is 0 Å². The van der Waals surface area contributed by atoms with E-state index in [1.54, 1.807) is 6.07 Å². The fourth-order valence-electron chi connectivity index (χ4n) is 5.38. The quantitative estimate of drug-likeness (QED) is 0.711. The zero-order chi connectivity index (χ0) is 13.5. The van der Waals surface area contributed by atoms with Crippen molar-refractivity contribution in [3.8, 4) is 11.5 Å². The monoisotopic (exact) mass is 270 g/mol. The lowest BCUT2D eigenvalue weighted by molar-refractivity contribution is -0.0272. The van der Waals surface area contributed by atoms with Crippen LogP contribution in [-0.2, 0) is 11.8 Å². The van der Waals surface area contributed by atoms with Crippen LogP contribution in [0.1, 0.15) is 30.4 Å². The maximum absolute atomic E-state index is 10.4. The Morgan fingerprint density at radius 3 is 3.05 bits per heavy atom. The molecule has 4 aliphatic rings. The molecule has 1 aliphatic heterocycles. The molecule has 1 spiro atoms. The number of aliphatic hydroxyl groups is 1. The van der Waals surface area contributed by atoms with Crippen molar-refractivity contribution in [2.24, 2.45) is 11.8 Å². The predicted octanol–water partition coefficient (Wildman–Crippen LogP) is 2.29. The lowest BCUT2D eigenvalue weighted by Gasteiger charge is -2.53. The lowest BCUT2D eigenvalue weighted by Crippen LogP contribution is -2.57. The van der Waals surface area contributed by atoms with Gasteiger partial charge in [0.2, 0.25) is 0 Å². The number of aliphatic hydroxyl groups excluding tert-OH is 1. The van der Waals surface area contributed by atoms with E-state index in [0.29, 0.717) is 17.6 Å². The summed E-state index contributed by atoms with van der Waals surface area (Å²) in [5.74, 6) is 1.98. The van der Waals surface area contributed by atoms with Crippen LogP contribution >= 0.6 is 0 Å². The summed E-state index contributed by atoms with van der Waals surface area (Å²) in [6.45, 7) is 0. The second kappa shape index (κ2) is 3.40. The van der Waals surface area contributed by atoms with E-state index in [0.717, 1.165) is 12.8 Å². The molecule has 3 heteroatoms. The molecule has 3 aliphatic carbocycles. The minimum atomic E-state index is -0.567. The van der Waals surface area contributed by atoms with Gasteiger partial charge in [0.15, 0.2) is 11.5 Å². The van der Waals surface area contributed by atoms with Crippen LogP contribution in [0.5, 0.6) is 11.5 Å². The van der Waals surface area contributed by atoms with Gasteiger partial charge in [0.25, 0.3) is 0 Å². The van der Waals surface area contributed by atoms with Gasteiger partial charge in [0.1, 0.15) is 12.2 Å². The first-order valence-electron chi connectivity index (χ1n) is 7.60. The Hall–Kier alpha value is -1.48. The van der Waals surface area contributed by atoms with Crippen LogP contribution in [0.2, 0.25) is 0 Å². The third-order valence-electron chi connectivity index (χ3n) is 6.02. The van der Waals surface area contributed by atoms with Crippen LogP contribution in [0.15, 0.2) is 24.3 Å². The van der Waals surface area contributed by atoms with Crippen LogP contribution in [0.3, 0.4) is 0 Å². The zero-order valence-corrected chi connectivity index (χ0v) is 11.2. The van der Waals surface area contributed by atoms with Crippen LogP contribution < -0.4 is 4.74 Å². The van der Waals surface area contributed by atoms with Crippen LogP contribution in [-0.4, -0.2) is 22.4 Å². The molecule has 0 radical (unpaired) electrons. The summed E-state index contributed by atoms with van der Waals surface area (Å²) in [7, 11) is 0. The molecule has 5 atom stereocenters. The van der Waals surface area contributed by atoms with Crippen molar-refractivity contribution < 1.29 is 14.9 Å². The Morgan fingerprint density at radius 1 is 1.25 bits per heavy atom. The predicted molar refractivity (Wildman–Crippen MR) is 73.9 cm³/mol. The van der Waals surface area contributed by atoms with Gasteiger partial charge >= 0.3 is 0 Å². The summed E-state index contributed by atoms with van der Waals surface area (Å²) in [5.41, 5.74) is 2.43. The molecule has 3 nitrogen and oxygen atoms in total. The molecule has 2 N–H and O–H groups in total. The fraction of sp³-hybridized carbons (Fsp3) is 0.529. The summed E-state index contributed by atoms with van der Waals surface area (Å²) in [5, 5.41) is 20.6. The summed E-state index contributed by atoms with van der Waals surface area (Å²) >= 11 is 0. The largest absolute Gasteiger partial charge is 0.504 e. The number of phenols is 1. The van der Waals surface area contributed by atoms with Crippen LogP contribution in [0, 0.1) is 11.8 Å². The number of hydrogen-bond donors (Lipinski definition) is 2. The van der Waals surface area contributed by atoms with E-state index in [-0.39, 0.29) is 17.3 Å². The second-order valence-electron chi connectivity index (χ2n) is 6.78. The Balaban J connectivity index is 1.86. The molecular formula is C17H18O3. The number of rotatable bonds is 0. The summed E-state index contributed by atoms with van der Waals surface area (Å²) in [4.78, 5) is 0. The highest BCUT2D eigenvalue weighted by molar-refractivity contribution is 5.61. The molecule has 1 fully saturated rings. The van der Waals surface area contributed by atoms with Gasteiger partial charge < -0.3 is 14.9 Å². The average Bonchev–Trinajstić information content (AvgIpc) is 2.78. The van der Waals surface area contributed by atoms with Gasteiger partial charge in [-0.1, -0.05) is 24.6 Å². The van der Waals surface area contributed by atoms with Crippen molar-refractivity contribution in [2.45, 2.75) is 43.3 Å². The topological polar surface area (TPSA) is 49.7 Å². The van der Waals surface area contributed by atoms with Gasteiger partial charge in [-0.05, 0) is 42.7 Å². The minimum Gasteiger partial charge on any atom is -0.504 e. The maximum Gasteiger partial charge on any atom is 0.165 e. The highest BCUT2D eigenvalue weighted by atomic mass is 16.5. The normalized spacial score (nSPS) is 43.0. The van der Waals surface area contributed by atoms with Crippen LogP contribution in [0.4, 0.5) is 0 Å². The molecule has 104 valence electrons. The van der Waals surface area contributed by atoms with Gasteiger partial charge in [-0.2, -0.15) is 0 Å². The Morgan fingerprint density at radius 2 is 2.15 bits per heavy atom. The van der Waals surface area contributed by atoms with Crippen molar-refractivity contribution in [3.63, 3.8) is 0 Å². The van der Waals surface area contributed by atoms with Crippen molar-refractivity contribution in [3.05, 3.63) is 35.4 Å². The van der Waals surface area contributed by atoms with Gasteiger partial charge in [0.05, 0.1) is 0 Å². The highest BCUT2D eigenvalue weighted by Crippen LogP contribution is 2.64. The average molecular weight is 270 g/mol. The minimum absolute atomic E-state index is 0.0985. The summed E-state index contributed by atoms with van der Waals surface area (Å²) < 4.78 is 6.07. The molecule has 1 aromatic rings. The first kappa shape index (κ1) is 11.2. The third-order valence-corrected chi connectivity index (χ3v) is 6.02.